The number of hydrogen-bond acceptors (Lipinski definition) is 6. The van der Waals surface area contributed by atoms with Crippen LogP contribution in [0.4, 0.5) is 5.82 Å². The van der Waals surface area contributed by atoms with Gasteiger partial charge >= 0.3 is 0 Å². The molecule has 0 spiro atoms. The van der Waals surface area contributed by atoms with Crippen LogP contribution < -0.4 is 5.32 Å². The largest absolute Gasteiger partial charge is 0.310 e. The SMILES string of the molecule is Cc1sc2ncnc(SCC(=O)Nc3ccnn3C(C)C)c2c1C. The van der Waals surface area contributed by atoms with E-state index >= 15 is 0 Å². The van der Waals surface area contributed by atoms with Crippen LogP contribution in [0.1, 0.15) is 30.3 Å². The number of aryl methyl sites for hydroxylation is 2. The Kier molecular flexibility index (Phi) is 4.86. The van der Waals surface area contributed by atoms with Crippen LogP contribution in [-0.2, 0) is 4.79 Å². The molecule has 126 valence electrons. The maximum Gasteiger partial charge on any atom is 0.235 e. The Balaban J connectivity index is 1.72. The fraction of sp³-hybridized carbons (Fsp3) is 0.375. The predicted molar refractivity (Wildman–Crippen MR) is 98.9 cm³/mol. The second kappa shape index (κ2) is 6.90. The monoisotopic (exact) mass is 361 g/mol. The van der Waals surface area contributed by atoms with E-state index in [1.54, 1.807) is 34.6 Å². The summed E-state index contributed by atoms with van der Waals surface area (Å²) in [7, 11) is 0. The van der Waals surface area contributed by atoms with Gasteiger partial charge in [0.15, 0.2) is 0 Å². The molecule has 1 amide bonds. The average Bonchev–Trinajstić information content (AvgIpc) is 3.11. The van der Waals surface area contributed by atoms with E-state index in [2.05, 4.69) is 34.2 Å². The van der Waals surface area contributed by atoms with E-state index < -0.39 is 0 Å². The van der Waals surface area contributed by atoms with Gasteiger partial charge in [0.1, 0.15) is 22.0 Å². The number of rotatable bonds is 5. The molecule has 0 unspecified atom stereocenters. The van der Waals surface area contributed by atoms with E-state index in [4.69, 9.17) is 0 Å². The van der Waals surface area contributed by atoms with Crippen molar-refractivity contribution >= 4 is 45.0 Å². The molecule has 0 saturated carbocycles. The van der Waals surface area contributed by atoms with Crippen molar-refractivity contribution in [3.63, 3.8) is 0 Å². The highest BCUT2D eigenvalue weighted by atomic mass is 32.2. The van der Waals surface area contributed by atoms with Crippen molar-refractivity contribution < 1.29 is 4.79 Å². The predicted octanol–water partition coefficient (Wildman–Crippen LogP) is 3.82. The molecule has 1 N–H and O–H groups in total. The third-order valence-corrected chi connectivity index (χ3v) is 5.80. The lowest BCUT2D eigenvalue weighted by atomic mass is 10.2. The topological polar surface area (TPSA) is 72.7 Å². The van der Waals surface area contributed by atoms with Gasteiger partial charge in [-0.15, -0.1) is 11.3 Å². The minimum Gasteiger partial charge on any atom is -0.310 e. The van der Waals surface area contributed by atoms with Gasteiger partial charge in [0.2, 0.25) is 5.91 Å². The Labute approximate surface area is 148 Å². The molecule has 0 aliphatic heterocycles. The number of carbonyl (C=O) groups excluding carboxylic acids is 1. The van der Waals surface area contributed by atoms with Crippen LogP contribution in [0.15, 0.2) is 23.6 Å². The summed E-state index contributed by atoms with van der Waals surface area (Å²) in [6.07, 6.45) is 3.25. The molecular weight excluding hydrogens is 342 g/mol. The first-order valence-corrected chi connectivity index (χ1v) is 9.44. The minimum atomic E-state index is -0.0706. The zero-order valence-corrected chi connectivity index (χ0v) is 15.7. The van der Waals surface area contributed by atoms with Crippen molar-refractivity contribution in [2.75, 3.05) is 11.1 Å². The summed E-state index contributed by atoms with van der Waals surface area (Å²) in [5, 5.41) is 9.04. The number of anilines is 1. The molecule has 0 radical (unpaired) electrons. The highest BCUT2D eigenvalue weighted by Crippen LogP contribution is 2.34. The first-order chi connectivity index (χ1) is 11.5. The van der Waals surface area contributed by atoms with Gasteiger partial charge in [0, 0.05) is 22.4 Å². The normalized spacial score (nSPS) is 11.4. The molecule has 3 heterocycles. The lowest BCUT2D eigenvalue weighted by Crippen LogP contribution is -2.18. The number of carbonyl (C=O) groups is 1. The molecule has 8 heteroatoms. The Morgan fingerprint density at radius 2 is 2.17 bits per heavy atom. The Bertz CT molecular complexity index is 884. The number of hydrogen-bond donors (Lipinski definition) is 1. The highest BCUT2D eigenvalue weighted by Gasteiger charge is 2.15. The molecule has 24 heavy (non-hydrogen) atoms. The molecule has 3 aromatic heterocycles. The van der Waals surface area contributed by atoms with Crippen molar-refractivity contribution in [3.8, 4) is 0 Å². The zero-order valence-electron chi connectivity index (χ0n) is 14.0. The summed E-state index contributed by atoms with van der Waals surface area (Å²) in [5.74, 6) is 0.939. The molecule has 0 saturated heterocycles. The van der Waals surface area contributed by atoms with Crippen LogP contribution in [0.2, 0.25) is 0 Å². The van der Waals surface area contributed by atoms with Crippen molar-refractivity contribution in [3.05, 3.63) is 29.0 Å². The fourth-order valence-electron chi connectivity index (χ4n) is 2.40. The third-order valence-electron chi connectivity index (χ3n) is 3.70. The van der Waals surface area contributed by atoms with Gasteiger partial charge in [-0.1, -0.05) is 11.8 Å². The average molecular weight is 361 g/mol. The van der Waals surface area contributed by atoms with Gasteiger partial charge < -0.3 is 5.32 Å². The van der Waals surface area contributed by atoms with Gasteiger partial charge in [0.25, 0.3) is 0 Å². The maximum atomic E-state index is 12.3. The number of fused-ring (bicyclic) bond motifs is 1. The zero-order chi connectivity index (χ0) is 17.3. The standard InChI is InChI=1S/C16H19N5OS2/c1-9(2)21-12(5-6-19-21)20-13(22)7-23-15-14-10(3)11(4)24-16(14)18-8-17-15/h5-6,8-9H,7H2,1-4H3,(H,20,22). The number of thiophene rings is 1. The van der Waals surface area contributed by atoms with Crippen LogP contribution >= 0.6 is 23.1 Å². The van der Waals surface area contributed by atoms with Crippen LogP contribution in [0.3, 0.4) is 0 Å². The third kappa shape index (κ3) is 3.29. The molecule has 6 nitrogen and oxygen atoms in total. The Morgan fingerprint density at radius 3 is 2.92 bits per heavy atom. The molecule has 0 bridgehead atoms. The summed E-state index contributed by atoms with van der Waals surface area (Å²) in [6, 6.07) is 2.00. The summed E-state index contributed by atoms with van der Waals surface area (Å²) in [5.41, 5.74) is 1.19. The van der Waals surface area contributed by atoms with Gasteiger partial charge in [-0.2, -0.15) is 5.10 Å². The van der Waals surface area contributed by atoms with Gasteiger partial charge in [-0.05, 0) is 33.3 Å². The number of amides is 1. The van der Waals surface area contributed by atoms with E-state index in [1.807, 2.05) is 13.8 Å². The Hall–Kier alpha value is -1.93. The molecule has 0 atom stereocenters. The lowest BCUT2D eigenvalue weighted by molar-refractivity contribution is -0.113. The molecule has 0 fully saturated rings. The second-order valence-corrected chi connectivity index (χ2v) is 7.90. The first-order valence-electron chi connectivity index (χ1n) is 7.64. The van der Waals surface area contributed by atoms with E-state index in [-0.39, 0.29) is 11.9 Å². The van der Waals surface area contributed by atoms with Crippen molar-refractivity contribution in [2.24, 2.45) is 0 Å². The number of nitrogens with one attached hydrogen (secondary N) is 1. The first kappa shape index (κ1) is 16.9. The number of aromatic nitrogens is 4. The number of thioether (sulfide) groups is 1. The minimum absolute atomic E-state index is 0.0706. The summed E-state index contributed by atoms with van der Waals surface area (Å²) >= 11 is 3.09. The van der Waals surface area contributed by atoms with Crippen LogP contribution in [-0.4, -0.2) is 31.4 Å². The van der Waals surface area contributed by atoms with Gasteiger partial charge in [-0.25, -0.2) is 14.6 Å². The van der Waals surface area contributed by atoms with E-state index in [0.717, 1.165) is 15.2 Å². The second-order valence-electron chi connectivity index (χ2n) is 5.73. The van der Waals surface area contributed by atoms with E-state index in [0.29, 0.717) is 11.6 Å². The summed E-state index contributed by atoms with van der Waals surface area (Å²) < 4.78 is 1.79. The highest BCUT2D eigenvalue weighted by molar-refractivity contribution is 8.00. The Morgan fingerprint density at radius 1 is 1.38 bits per heavy atom. The quantitative estimate of drug-likeness (QED) is 0.552. The molecule has 0 aliphatic rings. The van der Waals surface area contributed by atoms with Crippen molar-refractivity contribution in [1.82, 2.24) is 19.7 Å². The van der Waals surface area contributed by atoms with Gasteiger partial charge in [0.05, 0.1) is 11.9 Å². The van der Waals surface area contributed by atoms with Crippen LogP contribution in [0.5, 0.6) is 0 Å². The number of nitrogens with zero attached hydrogens (tertiary/aromatic N) is 4. The maximum absolute atomic E-state index is 12.3. The summed E-state index contributed by atoms with van der Waals surface area (Å²) in [4.78, 5) is 23.2. The molecule has 3 aromatic rings. The lowest BCUT2D eigenvalue weighted by Gasteiger charge is -2.11. The van der Waals surface area contributed by atoms with Gasteiger partial charge in [-0.3, -0.25) is 4.79 Å². The fourth-order valence-corrected chi connectivity index (χ4v) is 4.31. The van der Waals surface area contributed by atoms with Crippen LogP contribution in [0, 0.1) is 13.8 Å². The van der Waals surface area contributed by atoms with Crippen molar-refractivity contribution in [1.29, 1.82) is 0 Å². The van der Waals surface area contributed by atoms with E-state index in [1.165, 1.54) is 22.2 Å². The molecule has 0 aromatic carbocycles. The smallest absolute Gasteiger partial charge is 0.235 e. The van der Waals surface area contributed by atoms with E-state index in [9.17, 15) is 4.79 Å². The molecule has 3 rings (SSSR count). The molecular formula is C16H19N5OS2. The van der Waals surface area contributed by atoms with Crippen LogP contribution in [0.25, 0.3) is 10.2 Å². The molecule has 0 aliphatic carbocycles. The van der Waals surface area contributed by atoms with Crippen molar-refractivity contribution in [2.45, 2.75) is 38.8 Å². The summed E-state index contributed by atoms with van der Waals surface area (Å²) in [6.45, 7) is 8.20.